The number of anilines is 2. The van der Waals surface area contributed by atoms with Crippen LogP contribution in [0.15, 0.2) is 72.9 Å². The second-order valence-electron chi connectivity index (χ2n) is 5.73. The fourth-order valence-electron chi connectivity index (χ4n) is 2.65. The van der Waals surface area contributed by atoms with Crippen LogP contribution < -0.4 is 10.1 Å². The van der Waals surface area contributed by atoms with Gasteiger partial charge in [0.1, 0.15) is 5.75 Å². The van der Waals surface area contributed by atoms with Crippen LogP contribution in [-0.4, -0.2) is 9.97 Å². The van der Waals surface area contributed by atoms with Crippen molar-refractivity contribution < 1.29 is 4.74 Å². The molecule has 4 aromatic rings. The first-order valence-electron chi connectivity index (χ1n) is 8.18. The SMILES string of the molecule is N#Cc1ccc(Nc2nccc(Oc3ccc(Cl)c4ccccc34)n2)cc1. The smallest absolute Gasteiger partial charge is 0.230 e. The number of nitrogens with zero attached hydrogens (tertiary/aromatic N) is 3. The van der Waals surface area contributed by atoms with Crippen LogP contribution >= 0.6 is 11.6 Å². The number of ether oxygens (including phenoxy) is 1. The molecule has 1 N–H and O–H groups in total. The Labute approximate surface area is 160 Å². The van der Waals surface area contributed by atoms with E-state index in [0.29, 0.717) is 28.2 Å². The Kier molecular flexibility index (Phi) is 4.56. The molecule has 3 aromatic carbocycles. The monoisotopic (exact) mass is 372 g/mol. The van der Waals surface area contributed by atoms with Gasteiger partial charge in [-0.05, 0) is 36.4 Å². The van der Waals surface area contributed by atoms with Crippen LogP contribution in [0.4, 0.5) is 11.6 Å². The Bertz CT molecular complexity index is 1150. The van der Waals surface area contributed by atoms with E-state index in [2.05, 4.69) is 21.4 Å². The quantitative estimate of drug-likeness (QED) is 0.498. The zero-order valence-corrected chi connectivity index (χ0v) is 14.8. The van der Waals surface area contributed by atoms with Gasteiger partial charge in [-0.2, -0.15) is 10.2 Å². The van der Waals surface area contributed by atoms with Crippen molar-refractivity contribution in [2.45, 2.75) is 0 Å². The molecule has 5 nitrogen and oxygen atoms in total. The molecule has 6 heteroatoms. The van der Waals surface area contributed by atoms with Crippen molar-refractivity contribution >= 4 is 34.0 Å². The third-order valence-corrected chi connectivity index (χ3v) is 4.28. The maximum Gasteiger partial charge on any atom is 0.230 e. The van der Waals surface area contributed by atoms with E-state index in [1.807, 2.05) is 30.3 Å². The maximum absolute atomic E-state index is 8.87. The summed E-state index contributed by atoms with van der Waals surface area (Å²) in [6.07, 6.45) is 1.62. The summed E-state index contributed by atoms with van der Waals surface area (Å²) in [6, 6.07) is 22.2. The number of nitrogens with one attached hydrogen (secondary N) is 1. The van der Waals surface area contributed by atoms with Gasteiger partial charge in [0.15, 0.2) is 0 Å². The highest BCUT2D eigenvalue weighted by molar-refractivity contribution is 6.35. The van der Waals surface area contributed by atoms with Crippen LogP contribution in [0, 0.1) is 11.3 Å². The topological polar surface area (TPSA) is 70.8 Å². The van der Waals surface area contributed by atoms with E-state index in [1.54, 1.807) is 42.6 Å². The minimum Gasteiger partial charge on any atom is -0.438 e. The molecule has 0 saturated heterocycles. The van der Waals surface area contributed by atoms with E-state index < -0.39 is 0 Å². The molecule has 1 heterocycles. The zero-order valence-electron chi connectivity index (χ0n) is 14.1. The Hall–Kier alpha value is -3.62. The number of aromatic nitrogens is 2. The van der Waals surface area contributed by atoms with Crippen LogP contribution in [0.5, 0.6) is 11.6 Å². The molecule has 0 bridgehead atoms. The second kappa shape index (κ2) is 7.32. The van der Waals surface area contributed by atoms with Gasteiger partial charge in [0, 0.05) is 33.7 Å². The van der Waals surface area contributed by atoms with E-state index in [9.17, 15) is 0 Å². The standard InChI is InChI=1S/C21H13ClN4O/c22-18-9-10-19(17-4-2-1-3-16(17)18)27-20-11-12-24-21(26-20)25-15-7-5-14(13-23)6-8-15/h1-12H,(H,24,25,26). The van der Waals surface area contributed by atoms with Crippen molar-refractivity contribution in [3.05, 3.63) is 83.5 Å². The summed E-state index contributed by atoms with van der Waals surface area (Å²) in [5.41, 5.74) is 1.37. The molecule has 4 rings (SSSR count). The zero-order chi connectivity index (χ0) is 18.6. The fourth-order valence-corrected chi connectivity index (χ4v) is 2.88. The lowest BCUT2D eigenvalue weighted by Gasteiger charge is -2.10. The van der Waals surface area contributed by atoms with Crippen LogP contribution in [-0.2, 0) is 0 Å². The van der Waals surface area contributed by atoms with Gasteiger partial charge in [-0.1, -0.05) is 35.9 Å². The third kappa shape index (κ3) is 3.66. The average molecular weight is 373 g/mol. The Morgan fingerprint density at radius 3 is 2.48 bits per heavy atom. The van der Waals surface area contributed by atoms with Crippen molar-refractivity contribution in [3.63, 3.8) is 0 Å². The molecule has 0 atom stereocenters. The van der Waals surface area contributed by atoms with E-state index in [-0.39, 0.29) is 0 Å². The highest BCUT2D eigenvalue weighted by Crippen LogP contribution is 2.33. The van der Waals surface area contributed by atoms with Crippen molar-refractivity contribution in [3.8, 4) is 17.7 Å². The van der Waals surface area contributed by atoms with Crippen LogP contribution in [0.3, 0.4) is 0 Å². The molecule has 0 aliphatic rings. The molecule has 0 fully saturated rings. The van der Waals surface area contributed by atoms with Crippen LogP contribution in [0.2, 0.25) is 5.02 Å². The number of halogens is 1. The molecule has 0 aliphatic heterocycles. The Balaban J connectivity index is 1.60. The minimum atomic E-state index is 0.399. The number of benzene rings is 3. The van der Waals surface area contributed by atoms with Gasteiger partial charge in [-0.15, -0.1) is 0 Å². The summed E-state index contributed by atoms with van der Waals surface area (Å²) < 4.78 is 5.97. The predicted molar refractivity (Wildman–Crippen MR) is 106 cm³/mol. The molecule has 1 aromatic heterocycles. The minimum absolute atomic E-state index is 0.399. The van der Waals surface area contributed by atoms with Gasteiger partial charge in [0.2, 0.25) is 11.8 Å². The van der Waals surface area contributed by atoms with Crippen molar-refractivity contribution in [1.82, 2.24) is 9.97 Å². The van der Waals surface area contributed by atoms with Gasteiger partial charge < -0.3 is 10.1 Å². The van der Waals surface area contributed by atoms with Gasteiger partial charge in [0.05, 0.1) is 11.6 Å². The van der Waals surface area contributed by atoms with E-state index >= 15 is 0 Å². The third-order valence-electron chi connectivity index (χ3n) is 3.95. The van der Waals surface area contributed by atoms with E-state index in [4.69, 9.17) is 21.6 Å². The lowest BCUT2D eigenvalue weighted by molar-refractivity contribution is 0.468. The summed E-state index contributed by atoms with van der Waals surface area (Å²) in [5.74, 6) is 1.47. The summed E-state index contributed by atoms with van der Waals surface area (Å²) in [5, 5.41) is 14.5. The molecular weight excluding hydrogens is 360 g/mol. The molecule has 0 aliphatic carbocycles. The average Bonchev–Trinajstić information content (AvgIpc) is 2.71. The number of fused-ring (bicyclic) bond motifs is 1. The normalized spacial score (nSPS) is 10.4. The molecule has 27 heavy (non-hydrogen) atoms. The largest absolute Gasteiger partial charge is 0.438 e. The highest BCUT2D eigenvalue weighted by atomic mass is 35.5. The van der Waals surface area contributed by atoms with Gasteiger partial charge in [0.25, 0.3) is 0 Å². The number of hydrogen-bond donors (Lipinski definition) is 1. The number of hydrogen-bond acceptors (Lipinski definition) is 5. The summed E-state index contributed by atoms with van der Waals surface area (Å²) >= 11 is 6.26. The molecule has 0 spiro atoms. The molecule has 0 amide bonds. The summed E-state index contributed by atoms with van der Waals surface area (Å²) in [6.45, 7) is 0. The number of nitriles is 1. The molecule has 0 unspecified atom stereocenters. The van der Waals surface area contributed by atoms with Gasteiger partial charge in [-0.25, -0.2) is 4.98 Å². The summed E-state index contributed by atoms with van der Waals surface area (Å²) in [4.78, 5) is 8.60. The first-order chi connectivity index (χ1) is 13.2. The van der Waals surface area contributed by atoms with Crippen molar-refractivity contribution in [2.24, 2.45) is 0 Å². The number of rotatable bonds is 4. The molecule has 0 saturated carbocycles. The molecule has 0 radical (unpaired) electrons. The highest BCUT2D eigenvalue weighted by Gasteiger charge is 2.08. The van der Waals surface area contributed by atoms with Gasteiger partial charge in [-0.3, -0.25) is 0 Å². The summed E-state index contributed by atoms with van der Waals surface area (Å²) in [7, 11) is 0. The fraction of sp³-hybridized carbons (Fsp3) is 0. The van der Waals surface area contributed by atoms with Crippen LogP contribution in [0.1, 0.15) is 5.56 Å². The first kappa shape index (κ1) is 16.8. The van der Waals surface area contributed by atoms with Crippen LogP contribution in [0.25, 0.3) is 10.8 Å². The Morgan fingerprint density at radius 2 is 1.70 bits per heavy atom. The lowest BCUT2D eigenvalue weighted by Crippen LogP contribution is -1.98. The van der Waals surface area contributed by atoms with Gasteiger partial charge >= 0.3 is 0 Å². The van der Waals surface area contributed by atoms with E-state index in [0.717, 1.165) is 16.5 Å². The lowest BCUT2D eigenvalue weighted by atomic mass is 10.1. The van der Waals surface area contributed by atoms with Crippen molar-refractivity contribution in [1.29, 1.82) is 5.26 Å². The van der Waals surface area contributed by atoms with E-state index in [1.165, 1.54) is 0 Å². The first-order valence-corrected chi connectivity index (χ1v) is 8.56. The predicted octanol–water partition coefficient (Wildman–Crippen LogP) is 5.69. The Morgan fingerprint density at radius 1 is 0.926 bits per heavy atom. The second-order valence-corrected chi connectivity index (χ2v) is 6.13. The molecular formula is C21H13ClN4O. The van der Waals surface area contributed by atoms with Crippen molar-refractivity contribution in [2.75, 3.05) is 5.32 Å². The molecule has 130 valence electrons. The maximum atomic E-state index is 8.87.